The average molecular weight is 396 g/mol. The molecule has 5 rings (SSSR count). The lowest BCUT2D eigenvalue weighted by Crippen LogP contribution is -2.53. The van der Waals surface area contributed by atoms with Crippen molar-refractivity contribution in [3.63, 3.8) is 0 Å². The fourth-order valence-electron chi connectivity index (χ4n) is 6.00. The number of nitriles is 1. The molecule has 4 atom stereocenters. The van der Waals surface area contributed by atoms with E-state index in [-0.39, 0.29) is 17.6 Å². The minimum absolute atomic E-state index is 0.0900. The number of hydrogen-bond acceptors (Lipinski definition) is 4. The van der Waals surface area contributed by atoms with Gasteiger partial charge in [0.05, 0.1) is 17.5 Å². The molecule has 0 N–H and O–H groups in total. The summed E-state index contributed by atoms with van der Waals surface area (Å²) in [5.74, 6) is -0.513. The largest absolute Gasteiger partial charge is 0.298 e. The zero-order valence-electron chi connectivity index (χ0n) is 17.2. The zero-order chi connectivity index (χ0) is 20.9. The van der Waals surface area contributed by atoms with E-state index in [0.717, 1.165) is 29.8 Å². The second kappa shape index (κ2) is 6.91. The number of pyridine rings is 1. The summed E-state index contributed by atoms with van der Waals surface area (Å²) in [4.78, 5) is 17.2. The fourth-order valence-corrected chi connectivity index (χ4v) is 6.00. The van der Waals surface area contributed by atoms with Crippen molar-refractivity contribution in [2.75, 3.05) is 0 Å². The number of aryl methyl sites for hydroxylation is 1. The number of benzene rings is 1. The molecule has 0 bridgehead atoms. The van der Waals surface area contributed by atoms with Crippen LogP contribution in [0.15, 0.2) is 54.9 Å². The third-order valence-electron chi connectivity index (χ3n) is 7.21. The van der Waals surface area contributed by atoms with Gasteiger partial charge in [-0.1, -0.05) is 37.3 Å². The first kappa shape index (κ1) is 18.7. The first-order chi connectivity index (χ1) is 14.6. The summed E-state index contributed by atoms with van der Waals surface area (Å²) >= 11 is 0. The number of nitrogens with zero attached hydrogens (tertiary/aromatic N) is 4. The Morgan fingerprint density at radius 1 is 1.20 bits per heavy atom. The Morgan fingerprint density at radius 2 is 2.00 bits per heavy atom. The Balaban J connectivity index is 1.80. The molecule has 5 nitrogen and oxygen atoms in total. The lowest BCUT2D eigenvalue weighted by Gasteiger charge is -2.51. The van der Waals surface area contributed by atoms with E-state index in [1.54, 1.807) is 6.20 Å². The SMILES string of the molecule is C[C@@H]1C(=O)C(C#N)C[C@@]2(c3ccccc3)c3c(c(-c4cccnc4)nn3C)CC[C@@H]12. The van der Waals surface area contributed by atoms with E-state index in [1.165, 1.54) is 11.1 Å². The number of ketones is 1. The van der Waals surface area contributed by atoms with Gasteiger partial charge < -0.3 is 0 Å². The Morgan fingerprint density at radius 3 is 2.70 bits per heavy atom. The van der Waals surface area contributed by atoms with Crippen LogP contribution < -0.4 is 0 Å². The molecule has 0 spiro atoms. The molecular weight excluding hydrogens is 372 g/mol. The normalized spacial score (nSPS) is 27.8. The third kappa shape index (κ3) is 2.50. The molecule has 1 saturated carbocycles. The zero-order valence-corrected chi connectivity index (χ0v) is 17.2. The van der Waals surface area contributed by atoms with Gasteiger partial charge in [0.2, 0.25) is 0 Å². The highest BCUT2D eigenvalue weighted by Gasteiger charge is 2.57. The molecule has 1 aromatic carbocycles. The Labute approximate surface area is 176 Å². The van der Waals surface area contributed by atoms with Crippen molar-refractivity contribution in [3.8, 4) is 17.3 Å². The van der Waals surface area contributed by atoms with Crippen LogP contribution in [0.2, 0.25) is 0 Å². The number of aromatic nitrogens is 3. The Bertz CT molecular complexity index is 1150. The van der Waals surface area contributed by atoms with Gasteiger partial charge in [0.1, 0.15) is 5.92 Å². The molecule has 0 saturated heterocycles. The molecule has 5 heteroatoms. The van der Waals surface area contributed by atoms with Gasteiger partial charge in [0.25, 0.3) is 0 Å². The Kier molecular flexibility index (Phi) is 4.32. The summed E-state index contributed by atoms with van der Waals surface area (Å²) in [6.45, 7) is 2.01. The van der Waals surface area contributed by atoms with E-state index in [2.05, 4.69) is 35.3 Å². The van der Waals surface area contributed by atoms with Crippen LogP contribution >= 0.6 is 0 Å². The predicted molar refractivity (Wildman–Crippen MR) is 113 cm³/mol. The summed E-state index contributed by atoms with van der Waals surface area (Å²) in [5.41, 5.74) is 5.13. The fraction of sp³-hybridized carbons (Fsp3) is 0.360. The summed E-state index contributed by atoms with van der Waals surface area (Å²) in [5, 5.41) is 14.8. The van der Waals surface area contributed by atoms with E-state index < -0.39 is 11.3 Å². The van der Waals surface area contributed by atoms with Crippen molar-refractivity contribution in [1.29, 1.82) is 5.26 Å². The quantitative estimate of drug-likeness (QED) is 0.654. The second-order valence-electron chi connectivity index (χ2n) is 8.60. The number of Topliss-reactive ketones (excluding diaryl/α,β-unsaturated/α-hetero) is 1. The van der Waals surface area contributed by atoms with E-state index in [0.29, 0.717) is 6.42 Å². The molecule has 2 aliphatic carbocycles. The number of fused-ring (bicyclic) bond motifs is 3. The number of hydrogen-bond donors (Lipinski definition) is 0. The van der Waals surface area contributed by atoms with Gasteiger partial charge in [-0.15, -0.1) is 0 Å². The third-order valence-corrected chi connectivity index (χ3v) is 7.21. The van der Waals surface area contributed by atoms with Crippen LogP contribution in [-0.2, 0) is 23.7 Å². The van der Waals surface area contributed by atoms with Crippen LogP contribution in [0.4, 0.5) is 0 Å². The predicted octanol–water partition coefficient (Wildman–Crippen LogP) is 4.08. The first-order valence-electron chi connectivity index (χ1n) is 10.5. The van der Waals surface area contributed by atoms with Gasteiger partial charge in [-0.3, -0.25) is 14.5 Å². The van der Waals surface area contributed by atoms with Crippen LogP contribution in [0.3, 0.4) is 0 Å². The molecule has 30 heavy (non-hydrogen) atoms. The van der Waals surface area contributed by atoms with Crippen molar-refractivity contribution in [2.45, 2.75) is 31.6 Å². The van der Waals surface area contributed by atoms with E-state index >= 15 is 0 Å². The molecule has 2 aromatic heterocycles. The van der Waals surface area contributed by atoms with Gasteiger partial charge in [0, 0.05) is 41.9 Å². The minimum Gasteiger partial charge on any atom is -0.298 e. The molecule has 0 radical (unpaired) electrons. The van der Waals surface area contributed by atoms with Crippen molar-refractivity contribution in [2.24, 2.45) is 24.8 Å². The molecule has 0 amide bonds. The molecule has 1 unspecified atom stereocenters. The van der Waals surface area contributed by atoms with E-state index in [1.807, 2.05) is 43.0 Å². The average Bonchev–Trinajstić information content (AvgIpc) is 3.14. The van der Waals surface area contributed by atoms with Crippen LogP contribution in [0.5, 0.6) is 0 Å². The topological polar surface area (TPSA) is 71.6 Å². The minimum atomic E-state index is -0.598. The van der Waals surface area contributed by atoms with Gasteiger partial charge >= 0.3 is 0 Å². The highest BCUT2D eigenvalue weighted by molar-refractivity contribution is 5.87. The summed E-state index contributed by atoms with van der Waals surface area (Å²) < 4.78 is 1.99. The number of carbonyl (C=O) groups is 1. The van der Waals surface area contributed by atoms with Crippen LogP contribution in [0, 0.1) is 29.1 Å². The van der Waals surface area contributed by atoms with Gasteiger partial charge in [-0.2, -0.15) is 10.4 Å². The highest BCUT2D eigenvalue weighted by atomic mass is 16.1. The van der Waals surface area contributed by atoms with Crippen LogP contribution in [-0.4, -0.2) is 20.5 Å². The standard InChI is InChI=1S/C25H24N4O/c1-16-21-11-10-20-22(17-7-6-12-27-15-17)28-29(2)24(20)25(21,13-18(14-26)23(16)30)19-8-4-3-5-9-19/h3-9,12,15-16,18,21H,10-11,13H2,1-2H3/t16-,18?,21-,25-/m0/s1. The summed E-state index contributed by atoms with van der Waals surface area (Å²) in [6, 6.07) is 16.7. The second-order valence-corrected chi connectivity index (χ2v) is 8.60. The smallest absolute Gasteiger partial charge is 0.153 e. The number of carbonyl (C=O) groups excluding carboxylic acids is 1. The van der Waals surface area contributed by atoms with Gasteiger partial charge in [-0.05, 0) is 42.9 Å². The summed E-state index contributed by atoms with van der Waals surface area (Å²) in [6.07, 6.45) is 5.93. The van der Waals surface area contributed by atoms with Crippen LogP contribution in [0.25, 0.3) is 11.3 Å². The molecular formula is C25H24N4O. The maximum absolute atomic E-state index is 13.0. The Hall–Kier alpha value is -3.26. The number of rotatable bonds is 2. The van der Waals surface area contributed by atoms with Crippen molar-refractivity contribution >= 4 is 5.78 Å². The van der Waals surface area contributed by atoms with Crippen molar-refractivity contribution in [1.82, 2.24) is 14.8 Å². The molecule has 0 aliphatic heterocycles. The van der Waals surface area contributed by atoms with Crippen molar-refractivity contribution < 1.29 is 4.79 Å². The maximum Gasteiger partial charge on any atom is 0.153 e. The lowest BCUT2D eigenvalue weighted by atomic mass is 9.51. The molecule has 150 valence electrons. The summed E-state index contributed by atoms with van der Waals surface area (Å²) in [7, 11) is 1.99. The molecule has 2 heterocycles. The van der Waals surface area contributed by atoms with E-state index in [9.17, 15) is 10.1 Å². The van der Waals surface area contributed by atoms with Crippen molar-refractivity contribution in [3.05, 3.63) is 71.7 Å². The van der Waals surface area contributed by atoms with Crippen LogP contribution in [0.1, 0.15) is 36.6 Å². The lowest BCUT2D eigenvalue weighted by molar-refractivity contribution is -0.131. The molecule has 1 fully saturated rings. The molecule has 2 aliphatic rings. The van der Waals surface area contributed by atoms with Gasteiger partial charge in [0.15, 0.2) is 5.78 Å². The highest BCUT2D eigenvalue weighted by Crippen LogP contribution is 2.57. The molecule has 3 aromatic rings. The maximum atomic E-state index is 13.0. The monoisotopic (exact) mass is 396 g/mol. The van der Waals surface area contributed by atoms with Gasteiger partial charge in [-0.25, -0.2) is 0 Å². The van der Waals surface area contributed by atoms with E-state index in [4.69, 9.17) is 5.10 Å². The first-order valence-corrected chi connectivity index (χ1v) is 10.5.